The van der Waals surface area contributed by atoms with Crippen LogP contribution in [0.3, 0.4) is 0 Å². The first-order chi connectivity index (χ1) is 7.41. The topological polar surface area (TPSA) is 33.1 Å². The van der Waals surface area contributed by atoms with E-state index in [1.165, 1.54) is 5.56 Å². The first-order valence-corrected chi connectivity index (χ1v) is 5.82. The molecule has 1 aromatic heterocycles. The predicted molar refractivity (Wildman–Crippen MR) is 67.4 cm³/mol. The molecule has 92 valence electrons. The smallest absolute Gasteiger partial charge is 0.0538 e. The number of nitrogens with one attached hydrogen (secondary N) is 1. The van der Waals surface area contributed by atoms with Crippen molar-refractivity contribution in [2.45, 2.75) is 38.9 Å². The Hall–Kier alpha value is -0.870. The van der Waals surface area contributed by atoms with Crippen molar-refractivity contribution in [3.05, 3.63) is 18.0 Å². The largest absolute Gasteiger partial charge is 0.310 e. The van der Waals surface area contributed by atoms with Crippen molar-refractivity contribution in [3.63, 3.8) is 0 Å². The SMILES string of the molecule is CC(C)N[C@@H](C)[C@H](c1cnn(C)c1)N(C)C. The van der Waals surface area contributed by atoms with Gasteiger partial charge in [0.2, 0.25) is 0 Å². The molecule has 0 aliphatic rings. The average Bonchev–Trinajstić information content (AvgIpc) is 2.49. The molecule has 4 heteroatoms. The molecule has 0 aliphatic carbocycles. The van der Waals surface area contributed by atoms with Crippen LogP contribution < -0.4 is 5.32 Å². The fraction of sp³-hybridized carbons (Fsp3) is 0.750. The van der Waals surface area contributed by atoms with Crippen LogP contribution in [-0.2, 0) is 7.05 Å². The average molecular weight is 224 g/mol. The Balaban J connectivity index is 2.82. The second-order valence-corrected chi connectivity index (χ2v) is 4.97. The third kappa shape index (κ3) is 3.32. The summed E-state index contributed by atoms with van der Waals surface area (Å²) >= 11 is 0. The van der Waals surface area contributed by atoms with E-state index in [1.807, 2.05) is 17.9 Å². The van der Waals surface area contributed by atoms with Gasteiger partial charge in [-0.05, 0) is 21.0 Å². The Morgan fingerprint density at radius 3 is 2.31 bits per heavy atom. The van der Waals surface area contributed by atoms with Crippen molar-refractivity contribution in [3.8, 4) is 0 Å². The summed E-state index contributed by atoms with van der Waals surface area (Å²) in [5, 5.41) is 7.80. The first-order valence-electron chi connectivity index (χ1n) is 5.82. The van der Waals surface area contributed by atoms with Gasteiger partial charge >= 0.3 is 0 Å². The van der Waals surface area contributed by atoms with Crippen molar-refractivity contribution >= 4 is 0 Å². The van der Waals surface area contributed by atoms with E-state index in [9.17, 15) is 0 Å². The summed E-state index contributed by atoms with van der Waals surface area (Å²) in [6.45, 7) is 6.57. The van der Waals surface area contributed by atoms with Gasteiger partial charge in [-0.1, -0.05) is 13.8 Å². The third-order valence-electron chi connectivity index (χ3n) is 2.69. The van der Waals surface area contributed by atoms with E-state index in [0.717, 1.165) is 0 Å². The molecule has 0 amide bonds. The standard InChI is InChI=1S/C12H24N4/c1-9(2)14-10(3)12(15(4)5)11-7-13-16(6)8-11/h7-10,12,14H,1-6H3/t10-,12+/m0/s1. The summed E-state index contributed by atoms with van der Waals surface area (Å²) in [6.07, 6.45) is 4.03. The lowest BCUT2D eigenvalue weighted by Crippen LogP contribution is -2.42. The van der Waals surface area contributed by atoms with E-state index < -0.39 is 0 Å². The highest BCUT2D eigenvalue weighted by Gasteiger charge is 2.22. The zero-order chi connectivity index (χ0) is 12.3. The van der Waals surface area contributed by atoms with Crippen LogP contribution in [0.15, 0.2) is 12.4 Å². The molecule has 0 aliphatic heterocycles. The molecule has 0 radical (unpaired) electrons. The molecule has 2 atom stereocenters. The summed E-state index contributed by atoms with van der Waals surface area (Å²) in [5.74, 6) is 0. The Bertz CT molecular complexity index is 317. The lowest BCUT2D eigenvalue weighted by atomic mass is 10.0. The molecular weight excluding hydrogens is 200 g/mol. The molecule has 1 rings (SSSR count). The number of rotatable bonds is 5. The minimum absolute atomic E-state index is 0.357. The number of hydrogen-bond acceptors (Lipinski definition) is 3. The van der Waals surface area contributed by atoms with E-state index in [4.69, 9.17) is 0 Å². The van der Waals surface area contributed by atoms with Crippen LogP contribution in [0.4, 0.5) is 0 Å². The van der Waals surface area contributed by atoms with Gasteiger partial charge in [0.25, 0.3) is 0 Å². The highest BCUT2D eigenvalue weighted by molar-refractivity contribution is 5.12. The van der Waals surface area contributed by atoms with Gasteiger partial charge in [0.1, 0.15) is 0 Å². The maximum Gasteiger partial charge on any atom is 0.0538 e. The number of nitrogens with zero attached hydrogens (tertiary/aromatic N) is 3. The number of hydrogen-bond donors (Lipinski definition) is 1. The van der Waals surface area contributed by atoms with Gasteiger partial charge in [0, 0.05) is 30.9 Å². The molecule has 0 spiro atoms. The van der Waals surface area contributed by atoms with Crippen molar-refractivity contribution < 1.29 is 0 Å². The van der Waals surface area contributed by atoms with E-state index in [1.54, 1.807) is 0 Å². The zero-order valence-corrected chi connectivity index (χ0v) is 11.2. The summed E-state index contributed by atoms with van der Waals surface area (Å²) in [6, 6.07) is 1.25. The Labute approximate surface area is 98.6 Å². The van der Waals surface area contributed by atoms with Crippen LogP contribution >= 0.6 is 0 Å². The van der Waals surface area contributed by atoms with Gasteiger partial charge < -0.3 is 10.2 Å². The van der Waals surface area contributed by atoms with Crippen molar-refractivity contribution in [2.24, 2.45) is 7.05 Å². The van der Waals surface area contributed by atoms with Crippen LogP contribution in [0.2, 0.25) is 0 Å². The van der Waals surface area contributed by atoms with Crippen LogP contribution in [0.5, 0.6) is 0 Å². The van der Waals surface area contributed by atoms with Gasteiger partial charge in [-0.15, -0.1) is 0 Å². The highest BCUT2D eigenvalue weighted by Crippen LogP contribution is 2.21. The van der Waals surface area contributed by atoms with Crippen LogP contribution in [0.1, 0.15) is 32.4 Å². The molecule has 0 bridgehead atoms. The normalized spacial score (nSPS) is 15.8. The molecule has 1 aromatic rings. The molecule has 4 nitrogen and oxygen atoms in total. The van der Waals surface area contributed by atoms with Gasteiger partial charge in [-0.2, -0.15) is 5.10 Å². The van der Waals surface area contributed by atoms with Gasteiger partial charge in [-0.25, -0.2) is 0 Å². The van der Waals surface area contributed by atoms with Gasteiger partial charge in [-0.3, -0.25) is 4.68 Å². The third-order valence-corrected chi connectivity index (χ3v) is 2.69. The van der Waals surface area contributed by atoms with E-state index in [-0.39, 0.29) is 0 Å². The lowest BCUT2D eigenvalue weighted by Gasteiger charge is -2.31. The number of aryl methyl sites for hydroxylation is 1. The fourth-order valence-corrected chi connectivity index (χ4v) is 2.24. The van der Waals surface area contributed by atoms with Gasteiger partial charge in [0.15, 0.2) is 0 Å². The molecule has 1 heterocycles. The van der Waals surface area contributed by atoms with E-state index in [0.29, 0.717) is 18.1 Å². The molecular formula is C12H24N4. The Morgan fingerprint density at radius 2 is 1.94 bits per heavy atom. The molecule has 0 saturated carbocycles. The monoisotopic (exact) mass is 224 g/mol. The highest BCUT2D eigenvalue weighted by atomic mass is 15.2. The van der Waals surface area contributed by atoms with Crippen molar-refractivity contribution in [2.75, 3.05) is 14.1 Å². The summed E-state index contributed by atoms with van der Waals surface area (Å²) in [4.78, 5) is 2.23. The van der Waals surface area contributed by atoms with Crippen LogP contribution in [0.25, 0.3) is 0 Å². The van der Waals surface area contributed by atoms with Crippen molar-refractivity contribution in [1.82, 2.24) is 20.0 Å². The Kier molecular flexibility index (Phi) is 4.50. The molecule has 0 unspecified atom stereocenters. The van der Waals surface area contributed by atoms with E-state index in [2.05, 4.69) is 56.4 Å². The zero-order valence-electron chi connectivity index (χ0n) is 11.2. The summed E-state index contributed by atoms with van der Waals surface area (Å²) in [7, 11) is 6.17. The quantitative estimate of drug-likeness (QED) is 0.821. The second kappa shape index (κ2) is 5.46. The molecule has 0 saturated heterocycles. The minimum atomic E-state index is 0.357. The molecule has 0 aromatic carbocycles. The second-order valence-electron chi connectivity index (χ2n) is 4.97. The first kappa shape index (κ1) is 13.2. The Morgan fingerprint density at radius 1 is 1.31 bits per heavy atom. The summed E-state index contributed by atoms with van der Waals surface area (Å²) < 4.78 is 1.86. The predicted octanol–water partition coefficient (Wildman–Crippen LogP) is 1.41. The van der Waals surface area contributed by atoms with E-state index >= 15 is 0 Å². The minimum Gasteiger partial charge on any atom is -0.310 e. The molecule has 0 fully saturated rings. The number of likely N-dealkylation sites (N-methyl/N-ethyl adjacent to an activating group) is 1. The summed E-state index contributed by atoms with van der Waals surface area (Å²) in [5.41, 5.74) is 1.26. The molecule has 1 N–H and O–H groups in total. The maximum absolute atomic E-state index is 4.24. The molecule has 16 heavy (non-hydrogen) atoms. The van der Waals surface area contributed by atoms with Gasteiger partial charge in [0.05, 0.1) is 12.2 Å². The lowest BCUT2D eigenvalue weighted by molar-refractivity contribution is 0.233. The maximum atomic E-state index is 4.24. The fourth-order valence-electron chi connectivity index (χ4n) is 2.24. The van der Waals surface area contributed by atoms with Crippen LogP contribution in [0, 0.1) is 0 Å². The van der Waals surface area contributed by atoms with Crippen LogP contribution in [-0.4, -0.2) is 40.9 Å². The van der Waals surface area contributed by atoms with Crippen molar-refractivity contribution in [1.29, 1.82) is 0 Å². The number of aromatic nitrogens is 2.